The third-order valence-corrected chi connectivity index (χ3v) is 2.87. The van der Waals surface area contributed by atoms with E-state index in [9.17, 15) is 5.11 Å². The molecule has 0 aliphatic carbocycles. The Morgan fingerprint density at radius 1 is 1.40 bits per heavy atom. The molecule has 1 aliphatic rings. The number of aliphatic hydroxyl groups excluding tert-OH is 1. The second-order valence-electron chi connectivity index (χ2n) is 4.42. The Bertz CT molecular complexity index is 309. The van der Waals surface area contributed by atoms with Crippen LogP contribution in [-0.2, 0) is 11.3 Å². The molecule has 3 heteroatoms. The predicted octanol–water partition coefficient (Wildman–Crippen LogP) is 1.13. The van der Waals surface area contributed by atoms with Crippen molar-refractivity contribution in [2.75, 3.05) is 13.2 Å². The maximum absolute atomic E-state index is 9.90. The van der Waals surface area contributed by atoms with Crippen LogP contribution in [0.15, 0.2) is 30.3 Å². The molecular weight excluding hydrogens is 190 g/mol. The van der Waals surface area contributed by atoms with Crippen molar-refractivity contribution in [1.82, 2.24) is 5.32 Å². The molecule has 1 aromatic rings. The lowest BCUT2D eigenvalue weighted by Crippen LogP contribution is -2.54. The van der Waals surface area contributed by atoms with Crippen molar-refractivity contribution in [3.05, 3.63) is 35.9 Å². The van der Waals surface area contributed by atoms with Gasteiger partial charge in [0.15, 0.2) is 0 Å². The highest BCUT2D eigenvalue weighted by atomic mass is 16.5. The van der Waals surface area contributed by atoms with Crippen LogP contribution in [0.25, 0.3) is 0 Å². The van der Waals surface area contributed by atoms with Gasteiger partial charge in [-0.2, -0.15) is 0 Å². The molecule has 1 fully saturated rings. The fourth-order valence-corrected chi connectivity index (χ4v) is 1.64. The van der Waals surface area contributed by atoms with E-state index >= 15 is 0 Å². The van der Waals surface area contributed by atoms with Gasteiger partial charge in [-0.1, -0.05) is 37.3 Å². The molecule has 1 aromatic carbocycles. The van der Waals surface area contributed by atoms with Crippen LogP contribution in [0.3, 0.4) is 0 Å². The van der Waals surface area contributed by atoms with Gasteiger partial charge in [-0.05, 0) is 5.56 Å². The molecule has 1 atom stereocenters. The fourth-order valence-electron chi connectivity index (χ4n) is 1.64. The van der Waals surface area contributed by atoms with Gasteiger partial charge in [0.25, 0.3) is 0 Å². The SMILES string of the molecule is CC1(C(O)NCc2ccccc2)COC1. The first-order valence-corrected chi connectivity index (χ1v) is 5.24. The molecule has 0 radical (unpaired) electrons. The average molecular weight is 207 g/mol. The molecule has 15 heavy (non-hydrogen) atoms. The monoisotopic (exact) mass is 207 g/mol. The van der Waals surface area contributed by atoms with Gasteiger partial charge in [-0.15, -0.1) is 0 Å². The van der Waals surface area contributed by atoms with Gasteiger partial charge in [0, 0.05) is 6.54 Å². The highest BCUT2D eigenvalue weighted by molar-refractivity contribution is 5.14. The van der Waals surface area contributed by atoms with E-state index in [1.807, 2.05) is 37.3 Å². The summed E-state index contributed by atoms with van der Waals surface area (Å²) in [5.74, 6) is 0. The molecule has 82 valence electrons. The third kappa shape index (κ3) is 2.37. The van der Waals surface area contributed by atoms with E-state index in [0.29, 0.717) is 19.8 Å². The Morgan fingerprint density at radius 2 is 2.07 bits per heavy atom. The summed E-state index contributed by atoms with van der Waals surface area (Å²) in [5, 5.41) is 13.0. The number of hydrogen-bond acceptors (Lipinski definition) is 3. The van der Waals surface area contributed by atoms with Gasteiger partial charge >= 0.3 is 0 Å². The zero-order valence-electron chi connectivity index (χ0n) is 8.94. The van der Waals surface area contributed by atoms with Crippen LogP contribution >= 0.6 is 0 Å². The summed E-state index contributed by atoms with van der Waals surface area (Å²) in [6, 6.07) is 10.1. The number of ether oxygens (including phenoxy) is 1. The van der Waals surface area contributed by atoms with Crippen molar-refractivity contribution in [1.29, 1.82) is 0 Å². The Kier molecular flexibility index (Phi) is 3.05. The van der Waals surface area contributed by atoms with E-state index in [2.05, 4.69) is 5.32 Å². The number of hydrogen-bond donors (Lipinski definition) is 2. The molecule has 1 heterocycles. The van der Waals surface area contributed by atoms with Gasteiger partial charge in [0.05, 0.1) is 18.6 Å². The minimum Gasteiger partial charge on any atom is -0.380 e. The predicted molar refractivity (Wildman–Crippen MR) is 58.2 cm³/mol. The Labute approximate surface area is 90.1 Å². The third-order valence-electron chi connectivity index (χ3n) is 2.87. The molecule has 0 bridgehead atoms. The van der Waals surface area contributed by atoms with E-state index in [-0.39, 0.29) is 5.41 Å². The maximum Gasteiger partial charge on any atom is 0.115 e. The van der Waals surface area contributed by atoms with Gasteiger partial charge in [-0.25, -0.2) is 0 Å². The zero-order valence-corrected chi connectivity index (χ0v) is 8.94. The van der Waals surface area contributed by atoms with Crippen molar-refractivity contribution in [2.24, 2.45) is 5.41 Å². The van der Waals surface area contributed by atoms with Crippen LogP contribution in [0, 0.1) is 5.41 Å². The standard InChI is InChI=1S/C12H17NO2/c1-12(8-15-9-12)11(14)13-7-10-5-3-2-4-6-10/h2-6,11,13-14H,7-9H2,1H3. The van der Waals surface area contributed by atoms with Crippen molar-refractivity contribution >= 4 is 0 Å². The van der Waals surface area contributed by atoms with Crippen LogP contribution in [0.1, 0.15) is 12.5 Å². The van der Waals surface area contributed by atoms with E-state index in [1.54, 1.807) is 0 Å². The summed E-state index contributed by atoms with van der Waals surface area (Å²) in [4.78, 5) is 0. The quantitative estimate of drug-likeness (QED) is 0.727. The van der Waals surface area contributed by atoms with Gasteiger partial charge in [0.1, 0.15) is 6.23 Å². The second kappa shape index (κ2) is 4.31. The number of nitrogens with one attached hydrogen (secondary N) is 1. The van der Waals surface area contributed by atoms with E-state index in [0.717, 1.165) is 0 Å². The first-order valence-electron chi connectivity index (χ1n) is 5.24. The number of rotatable bonds is 4. The molecule has 0 aromatic heterocycles. The van der Waals surface area contributed by atoms with Gasteiger partial charge in [-0.3, -0.25) is 5.32 Å². The highest BCUT2D eigenvalue weighted by Gasteiger charge is 2.40. The first kappa shape index (κ1) is 10.6. The van der Waals surface area contributed by atoms with E-state index < -0.39 is 6.23 Å². The molecule has 0 spiro atoms. The molecule has 1 saturated heterocycles. The number of benzene rings is 1. The minimum absolute atomic E-state index is 0.116. The number of aliphatic hydroxyl groups is 1. The Hall–Kier alpha value is -0.900. The van der Waals surface area contributed by atoms with E-state index in [4.69, 9.17) is 4.74 Å². The molecule has 0 saturated carbocycles. The molecule has 3 nitrogen and oxygen atoms in total. The molecule has 1 aliphatic heterocycles. The van der Waals surface area contributed by atoms with E-state index in [1.165, 1.54) is 5.56 Å². The van der Waals surface area contributed by atoms with Crippen LogP contribution < -0.4 is 5.32 Å². The highest BCUT2D eigenvalue weighted by Crippen LogP contribution is 2.29. The molecule has 2 rings (SSSR count). The molecule has 2 N–H and O–H groups in total. The summed E-state index contributed by atoms with van der Waals surface area (Å²) in [6.45, 7) is 3.99. The van der Waals surface area contributed by atoms with Crippen LogP contribution in [0.4, 0.5) is 0 Å². The summed E-state index contributed by atoms with van der Waals surface area (Å²) >= 11 is 0. The lowest BCUT2D eigenvalue weighted by atomic mass is 9.86. The zero-order chi connectivity index (χ0) is 10.7. The Morgan fingerprint density at radius 3 is 2.60 bits per heavy atom. The summed E-state index contributed by atoms with van der Waals surface area (Å²) in [7, 11) is 0. The van der Waals surface area contributed by atoms with Crippen molar-refractivity contribution in [2.45, 2.75) is 19.7 Å². The lowest BCUT2D eigenvalue weighted by molar-refractivity contribution is -0.170. The normalized spacial score (nSPS) is 20.7. The topological polar surface area (TPSA) is 41.5 Å². The van der Waals surface area contributed by atoms with Crippen molar-refractivity contribution in [3.63, 3.8) is 0 Å². The van der Waals surface area contributed by atoms with Crippen LogP contribution in [0.5, 0.6) is 0 Å². The molecule has 1 unspecified atom stereocenters. The summed E-state index contributed by atoms with van der Waals surface area (Å²) in [6.07, 6.45) is -0.494. The smallest absolute Gasteiger partial charge is 0.115 e. The fraction of sp³-hybridized carbons (Fsp3) is 0.500. The minimum atomic E-state index is -0.494. The van der Waals surface area contributed by atoms with Crippen LogP contribution in [-0.4, -0.2) is 24.5 Å². The van der Waals surface area contributed by atoms with Gasteiger partial charge < -0.3 is 9.84 Å². The lowest BCUT2D eigenvalue weighted by Gasteiger charge is -2.42. The van der Waals surface area contributed by atoms with Crippen molar-refractivity contribution < 1.29 is 9.84 Å². The maximum atomic E-state index is 9.90. The average Bonchev–Trinajstić information content (AvgIpc) is 2.24. The second-order valence-corrected chi connectivity index (χ2v) is 4.42. The first-order chi connectivity index (χ1) is 7.21. The molecular formula is C12H17NO2. The van der Waals surface area contributed by atoms with Crippen molar-refractivity contribution in [3.8, 4) is 0 Å². The van der Waals surface area contributed by atoms with Gasteiger partial charge in [0.2, 0.25) is 0 Å². The van der Waals surface area contributed by atoms with Crippen LogP contribution in [0.2, 0.25) is 0 Å². The summed E-state index contributed by atoms with van der Waals surface area (Å²) < 4.78 is 5.11. The Balaban J connectivity index is 1.83. The largest absolute Gasteiger partial charge is 0.380 e. The molecule has 0 amide bonds. The summed E-state index contributed by atoms with van der Waals surface area (Å²) in [5.41, 5.74) is 1.06.